The van der Waals surface area contributed by atoms with Gasteiger partial charge >= 0.3 is 11.8 Å². The van der Waals surface area contributed by atoms with E-state index < -0.39 is 23.7 Å². The standard InChI is InChI=1S/C25H28F2N4O7/c1-25(26,27)38-19-5-3-4-18(14-19)37-23-28-21-20(31(23)15-16-6-8-17(33)9-7-16)22(34)30(24(35)29(21)2)10-12-36-13-11-32/h3-9,14,23,28,32-33H,10-13,15H2,1-2H3. The summed E-state index contributed by atoms with van der Waals surface area (Å²) in [6.45, 7) is 0.633. The van der Waals surface area contributed by atoms with Gasteiger partial charge in [0, 0.05) is 26.6 Å². The molecule has 0 saturated carbocycles. The van der Waals surface area contributed by atoms with Gasteiger partial charge in [0.15, 0.2) is 0 Å². The first kappa shape index (κ1) is 26.9. The van der Waals surface area contributed by atoms with Gasteiger partial charge in [-0.15, -0.1) is 0 Å². The van der Waals surface area contributed by atoms with Crippen molar-refractivity contribution in [2.45, 2.75) is 32.5 Å². The van der Waals surface area contributed by atoms with Gasteiger partial charge < -0.3 is 34.6 Å². The third-order valence-corrected chi connectivity index (χ3v) is 5.69. The number of rotatable bonds is 11. The van der Waals surface area contributed by atoms with Gasteiger partial charge in [-0.2, -0.15) is 8.78 Å². The van der Waals surface area contributed by atoms with Gasteiger partial charge in [-0.05, 0) is 29.8 Å². The van der Waals surface area contributed by atoms with Crippen molar-refractivity contribution in [1.82, 2.24) is 9.13 Å². The number of aliphatic hydroxyl groups excluding tert-OH is 1. The minimum Gasteiger partial charge on any atom is -0.508 e. The van der Waals surface area contributed by atoms with Crippen molar-refractivity contribution in [2.75, 3.05) is 30.0 Å². The number of nitrogens with one attached hydrogen (secondary N) is 1. The summed E-state index contributed by atoms with van der Waals surface area (Å²) in [5.41, 5.74) is -0.296. The molecule has 4 rings (SSSR count). The number of aromatic hydroxyl groups is 1. The molecule has 1 aromatic heterocycles. The Hall–Kier alpha value is -4.10. The third-order valence-electron chi connectivity index (χ3n) is 5.69. The Morgan fingerprint density at radius 3 is 2.47 bits per heavy atom. The molecule has 0 spiro atoms. The number of ether oxygens (including phenoxy) is 3. The zero-order valence-electron chi connectivity index (χ0n) is 20.8. The Morgan fingerprint density at radius 2 is 1.79 bits per heavy atom. The molecule has 2 aromatic carbocycles. The average Bonchev–Trinajstić information content (AvgIpc) is 3.20. The molecule has 13 heteroatoms. The predicted molar refractivity (Wildman–Crippen MR) is 134 cm³/mol. The van der Waals surface area contributed by atoms with E-state index in [1.807, 2.05) is 0 Å². The highest BCUT2D eigenvalue weighted by Crippen LogP contribution is 2.34. The van der Waals surface area contributed by atoms with Crippen LogP contribution in [0.5, 0.6) is 17.2 Å². The summed E-state index contributed by atoms with van der Waals surface area (Å²) in [7, 11) is 1.50. The number of aromatic nitrogens is 2. The monoisotopic (exact) mass is 534 g/mol. The first-order valence-electron chi connectivity index (χ1n) is 11.7. The summed E-state index contributed by atoms with van der Waals surface area (Å²) in [5, 5.41) is 21.6. The second kappa shape index (κ2) is 11.1. The molecular formula is C25H28F2N4O7. The van der Waals surface area contributed by atoms with Gasteiger partial charge in [0.1, 0.15) is 28.8 Å². The molecule has 0 aliphatic carbocycles. The van der Waals surface area contributed by atoms with Gasteiger partial charge in [-0.3, -0.25) is 13.9 Å². The maximum Gasteiger partial charge on any atom is 0.394 e. The highest BCUT2D eigenvalue weighted by Gasteiger charge is 2.36. The average molecular weight is 535 g/mol. The van der Waals surface area contributed by atoms with Crippen molar-refractivity contribution >= 4 is 11.5 Å². The zero-order chi connectivity index (χ0) is 27.4. The highest BCUT2D eigenvalue weighted by atomic mass is 19.3. The molecule has 0 amide bonds. The Kier molecular flexibility index (Phi) is 7.88. The number of hydrogen-bond acceptors (Lipinski definition) is 9. The van der Waals surface area contributed by atoms with Crippen molar-refractivity contribution in [2.24, 2.45) is 7.05 Å². The molecular weight excluding hydrogens is 506 g/mol. The molecule has 1 atom stereocenters. The van der Waals surface area contributed by atoms with E-state index in [-0.39, 0.29) is 61.7 Å². The lowest BCUT2D eigenvalue weighted by Gasteiger charge is -2.27. The molecule has 0 fully saturated rings. The number of nitrogens with zero attached hydrogens (tertiary/aromatic N) is 3. The lowest BCUT2D eigenvalue weighted by Crippen LogP contribution is -2.44. The van der Waals surface area contributed by atoms with Gasteiger partial charge in [0.05, 0.1) is 26.4 Å². The van der Waals surface area contributed by atoms with E-state index in [2.05, 4.69) is 10.1 Å². The van der Waals surface area contributed by atoms with E-state index in [4.69, 9.17) is 14.6 Å². The maximum absolute atomic E-state index is 13.5. The molecule has 1 unspecified atom stereocenters. The maximum atomic E-state index is 13.5. The minimum absolute atomic E-state index is 0.0364. The lowest BCUT2D eigenvalue weighted by atomic mass is 10.2. The molecule has 0 saturated heterocycles. The van der Waals surface area contributed by atoms with Crippen LogP contribution in [0.4, 0.5) is 20.3 Å². The van der Waals surface area contributed by atoms with Crippen LogP contribution in [0, 0.1) is 0 Å². The van der Waals surface area contributed by atoms with Gasteiger partial charge in [0.2, 0.25) is 0 Å². The van der Waals surface area contributed by atoms with Crippen LogP contribution in [-0.2, 0) is 24.9 Å². The molecule has 3 aromatic rings. The smallest absolute Gasteiger partial charge is 0.394 e. The van der Waals surface area contributed by atoms with Crippen molar-refractivity contribution in [3.8, 4) is 17.2 Å². The Labute approximate surface area is 216 Å². The van der Waals surface area contributed by atoms with E-state index in [1.165, 1.54) is 41.9 Å². The van der Waals surface area contributed by atoms with Gasteiger partial charge in [-0.25, -0.2) is 4.79 Å². The van der Waals surface area contributed by atoms with E-state index in [0.717, 1.165) is 10.1 Å². The fraction of sp³-hybridized carbons (Fsp3) is 0.360. The number of anilines is 2. The van der Waals surface area contributed by atoms with E-state index in [9.17, 15) is 23.5 Å². The molecule has 0 radical (unpaired) electrons. The van der Waals surface area contributed by atoms with Crippen molar-refractivity contribution in [3.63, 3.8) is 0 Å². The van der Waals surface area contributed by atoms with Crippen LogP contribution in [0.15, 0.2) is 58.1 Å². The van der Waals surface area contributed by atoms with Crippen molar-refractivity contribution in [1.29, 1.82) is 0 Å². The largest absolute Gasteiger partial charge is 0.508 e. The summed E-state index contributed by atoms with van der Waals surface area (Å²) in [6, 6.07) is 12.0. The van der Waals surface area contributed by atoms with Gasteiger partial charge in [-0.1, -0.05) is 18.2 Å². The number of alkyl halides is 2. The van der Waals surface area contributed by atoms with E-state index in [0.29, 0.717) is 6.92 Å². The summed E-state index contributed by atoms with van der Waals surface area (Å²) < 4.78 is 44.9. The van der Waals surface area contributed by atoms with Crippen LogP contribution in [0.25, 0.3) is 0 Å². The van der Waals surface area contributed by atoms with Gasteiger partial charge in [0.25, 0.3) is 11.9 Å². The number of aliphatic hydroxyl groups is 1. The van der Waals surface area contributed by atoms with E-state index >= 15 is 0 Å². The number of phenolic OH excluding ortho intramolecular Hbond substituents is 1. The molecule has 1 aliphatic rings. The normalized spacial score (nSPS) is 14.8. The number of benzene rings is 2. The third kappa shape index (κ3) is 6.06. The number of fused-ring (bicyclic) bond motifs is 1. The first-order chi connectivity index (χ1) is 18.1. The summed E-state index contributed by atoms with van der Waals surface area (Å²) in [4.78, 5) is 28.1. The first-order valence-corrected chi connectivity index (χ1v) is 11.7. The molecule has 38 heavy (non-hydrogen) atoms. The van der Waals surface area contributed by atoms with Crippen LogP contribution in [0.3, 0.4) is 0 Å². The van der Waals surface area contributed by atoms with Crippen molar-refractivity contribution < 1.29 is 33.2 Å². The fourth-order valence-electron chi connectivity index (χ4n) is 4.01. The Balaban J connectivity index is 1.71. The topological polar surface area (TPSA) is 127 Å². The van der Waals surface area contributed by atoms with Crippen LogP contribution in [0.2, 0.25) is 0 Å². The fourth-order valence-corrected chi connectivity index (χ4v) is 4.01. The second-order valence-corrected chi connectivity index (χ2v) is 8.63. The summed E-state index contributed by atoms with van der Waals surface area (Å²) in [6.07, 6.45) is -4.40. The van der Waals surface area contributed by atoms with Crippen molar-refractivity contribution in [3.05, 3.63) is 74.9 Å². The summed E-state index contributed by atoms with van der Waals surface area (Å²) >= 11 is 0. The Morgan fingerprint density at radius 1 is 1.08 bits per heavy atom. The molecule has 204 valence electrons. The Bertz CT molecular complexity index is 1390. The number of hydrogen-bond donors (Lipinski definition) is 3. The van der Waals surface area contributed by atoms with Crippen LogP contribution in [0.1, 0.15) is 12.5 Å². The molecule has 3 N–H and O–H groups in total. The molecule has 11 nitrogen and oxygen atoms in total. The van der Waals surface area contributed by atoms with E-state index in [1.54, 1.807) is 23.1 Å². The molecule has 0 bridgehead atoms. The zero-order valence-corrected chi connectivity index (χ0v) is 20.8. The lowest BCUT2D eigenvalue weighted by molar-refractivity contribution is -0.159. The number of halogens is 2. The summed E-state index contributed by atoms with van der Waals surface area (Å²) in [5.74, 6) is 0.339. The number of phenols is 1. The SMILES string of the molecule is Cn1c2c(c(=O)n(CCOCCO)c1=O)N(Cc1ccc(O)cc1)C(Oc1cccc(OC(C)(F)F)c1)N2. The van der Waals surface area contributed by atoms with Crippen LogP contribution in [-0.4, -0.2) is 51.6 Å². The second-order valence-electron chi connectivity index (χ2n) is 8.63. The predicted octanol–water partition coefficient (Wildman–Crippen LogP) is 2.05. The van der Waals surface area contributed by atoms with Crippen LogP contribution >= 0.6 is 0 Å². The molecule has 2 heterocycles. The quantitative estimate of drug-likeness (QED) is 0.317. The highest BCUT2D eigenvalue weighted by molar-refractivity contribution is 5.71. The van der Waals surface area contributed by atoms with Crippen LogP contribution < -0.4 is 30.9 Å². The molecule has 1 aliphatic heterocycles. The minimum atomic E-state index is -3.39.